The van der Waals surface area contributed by atoms with Gasteiger partial charge in [0.15, 0.2) is 5.96 Å². The van der Waals surface area contributed by atoms with Crippen molar-refractivity contribution in [3.8, 4) is 0 Å². The molecule has 0 aromatic heterocycles. The van der Waals surface area contributed by atoms with Crippen LogP contribution >= 0.6 is 24.0 Å². The minimum Gasteiger partial charge on any atom is -0.377 e. The number of fused-ring (bicyclic) bond motifs is 2. The summed E-state index contributed by atoms with van der Waals surface area (Å²) in [6.07, 6.45) is 7.09. The summed E-state index contributed by atoms with van der Waals surface area (Å²) in [4.78, 5) is 4.42. The van der Waals surface area contributed by atoms with Gasteiger partial charge >= 0.3 is 0 Å². The van der Waals surface area contributed by atoms with E-state index in [1.807, 2.05) is 7.05 Å². The van der Waals surface area contributed by atoms with Crippen molar-refractivity contribution in [3.63, 3.8) is 0 Å². The van der Waals surface area contributed by atoms with Crippen molar-refractivity contribution in [3.05, 3.63) is 0 Å². The molecular formula is C15H26IN3O. The molecule has 1 heterocycles. The molecule has 4 nitrogen and oxygen atoms in total. The predicted molar refractivity (Wildman–Crippen MR) is 90.5 cm³/mol. The maximum atomic E-state index is 5.97. The molecule has 5 unspecified atom stereocenters. The van der Waals surface area contributed by atoms with Gasteiger partial charge in [0.2, 0.25) is 0 Å². The second-order valence-corrected chi connectivity index (χ2v) is 6.99. The van der Waals surface area contributed by atoms with E-state index in [2.05, 4.69) is 22.5 Å². The molecule has 1 saturated heterocycles. The maximum absolute atomic E-state index is 5.97. The number of nitrogens with zero attached hydrogens (tertiary/aromatic N) is 1. The van der Waals surface area contributed by atoms with Gasteiger partial charge in [-0.3, -0.25) is 4.99 Å². The largest absolute Gasteiger partial charge is 0.377 e. The van der Waals surface area contributed by atoms with E-state index in [1.165, 1.54) is 32.1 Å². The van der Waals surface area contributed by atoms with Gasteiger partial charge in [0.05, 0.1) is 6.10 Å². The van der Waals surface area contributed by atoms with Gasteiger partial charge in [0, 0.05) is 37.1 Å². The molecule has 114 valence electrons. The van der Waals surface area contributed by atoms with E-state index in [1.54, 1.807) is 0 Å². The average molecular weight is 391 g/mol. The third kappa shape index (κ3) is 2.07. The first-order chi connectivity index (χ1) is 9.24. The summed E-state index contributed by atoms with van der Waals surface area (Å²) < 4.78 is 5.97. The fourth-order valence-electron chi connectivity index (χ4n) is 4.47. The van der Waals surface area contributed by atoms with Crippen molar-refractivity contribution >= 4 is 29.9 Å². The normalized spacial score (nSPS) is 43.9. The second kappa shape index (κ2) is 5.30. The predicted octanol–water partition coefficient (Wildman–Crippen LogP) is 2.14. The Balaban J connectivity index is 0.00000121. The molecular weight excluding hydrogens is 365 g/mol. The number of guanidine groups is 1. The number of hydrogen-bond acceptors (Lipinski definition) is 2. The topological polar surface area (TPSA) is 45.7 Å². The van der Waals surface area contributed by atoms with Gasteiger partial charge in [-0.15, -0.1) is 24.0 Å². The van der Waals surface area contributed by atoms with Gasteiger partial charge in [-0.1, -0.05) is 13.3 Å². The molecule has 2 N–H and O–H groups in total. The number of aliphatic imine (C=N–C) groups is 1. The van der Waals surface area contributed by atoms with Gasteiger partial charge in [-0.05, 0) is 31.6 Å². The van der Waals surface area contributed by atoms with E-state index < -0.39 is 0 Å². The van der Waals surface area contributed by atoms with Gasteiger partial charge < -0.3 is 15.4 Å². The van der Waals surface area contributed by atoms with E-state index in [0.29, 0.717) is 23.6 Å². The Morgan fingerprint density at radius 2 is 2.05 bits per heavy atom. The Bertz CT molecular complexity index is 410. The number of nitrogens with one attached hydrogen (secondary N) is 2. The van der Waals surface area contributed by atoms with Crippen molar-refractivity contribution in [1.29, 1.82) is 0 Å². The van der Waals surface area contributed by atoms with Gasteiger partial charge in [0.25, 0.3) is 0 Å². The molecule has 1 aliphatic heterocycles. The van der Waals surface area contributed by atoms with Gasteiger partial charge in [0.1, 0.15) is 0 Å². The zero-order valence-corrected chi connectivity index (χ0v) is 14.7. The van der Waals surface area contributed by atoms with E-state index in [4.69, 9.17) is 4.74 Å². The summed E-state index contributed by atoms with van der Waals surface area (Å²) in [6, 6.07) is 1.23. The van der Waals surface area contributed by atoms with Crippen LogP contribution in [0.3, 0.4) is 0 Å². The summed E-state index contributed by atoms with van der Waals surface area (Å²) in [5, 5.41) is 7.27. The van der Waals surface area contributed by atoms with E-state index in [9.17, 15) is 0 Å². The first-order valence-corrected chi connectivity index (χ1v) is 7.86. The highest BCUT2D eigenvalue weighted by Crippen LogP contribution is 2.62. The smallest absolute Gasteiger partial charge is 0.191 e. The number of ether oxygens (including phenoxy) is 1. The van der Waals surface area contributed by atoms with Crippen LogP contribution in [0.2, 0.25) is 0 Å². The van der Waals surface area contributed by atoms with Crippen LogP contribution in [0.25, 0.3) is 0 Å². The molecule has 3 saturated carbocycles. The Hall–Kier alpha value is -0.0400. The summed E-state index contributed by atoms with van der Waals surface area (Å²) in [6.45, 7) is 3.25. The highest BCUT2D eigenvalue weighted by atomic mass is 127. The zero-order chi connectivity index (χ0) is 13.0. The quantitative estimate of drug-likeness (QED) is 0.431. The van der Waals surface area contributed by atoms with Gasteiger partial charge in [-0.25, -0.2) is 0 Å². The molecule has 0 amide bonds. The van der Waals surface area contributed by atoms with Crippen LogP contribution in [0, 0.1) is 17.3 Å². The van der Waals surface area contributed by atoms with Crippen LogP contribution in [0.5, 0.6) is 0 Å². The van der Waals surface area contributed by atoms with Crippen LogP contribution in [-0.2, 0) is 4.74 Å². The standard InChI is InChI=1S/C15H25N3O.HI/c1-9-8-11(9)17-14(16-2)18-12-10-4-7-19-13(10)15(12)5-3-6-15;/h9-13H,3-8H2,1-2H3,(H2,16,17,18);1H. The van der Waals surface area contributed by atoms with Crippen molar-refractivity contribution < 1.29 is 4.74 Å². The Kier molecular flexibility index (Phi) is 3.95. The fourth-order valence-corrected chi connectivity index (χ4v) is 4.47. The molecule has 4 fully saturated rings. The minimum absolute atomic E-state index is 0. The van der Waals surface area contributed by atoms with Crippen LogP contribution in [-0.4, -0.2) is 37.8 Å². The number of halogens is 1. The highest BCUT2D eigenvalue weighted by molar-refractivity contribution is 14.0. The highest BCUT2D eigenvalue weighted by Gasteiger charge is 2.66. The summed E-state index contributed by atoms with van der Waals surface area (Å²) >= 11 is 0. The third-order valence-corrected chi connectivity index (χ3v) is 5.98. The molecule has 1 spiro atoms. The minimum atomic E-state index is 0. The molecule has 20 heavy (non-hydrogen) atoms. The summed E-state index contributed by atoms with van der Waals surface area (Å²) in [5.74, 6) is 2.53. The Morgan fingerprint density at radius 3 is 2.60 bits per heavy atom. The van der Waals surface area contributed by atoms with Crippen LogP contribution in [0.1, 0.15) is 39.0 Å². The van der Waals surface area contributed by atoms with Crippen molar-refractivity contribution in [2.75, 3.05) is 13.7 Å². The van der Waals surface area contributed by atoms with Gasteiger partial charge in [-0.2, -0.15) is 0 Å². The van der Waals surface area contributed by atoms with Crippen LogP contribution < -0.4 is 10.6 Å². The molecule has 4 aliphatic rings. The van der Waals surface area contributed by atoms with Crippen molar-refractivity contribution in [1.82, 2.24) is 10.6 Å². The number of hydrogen-bond donors (Lipinski definition) is 2. The van der Waals surface area contributed by atoms with Crippen molar-refractivity contribution in [2.45, 2.75) is 57.2 Å². The molecule has 5 atom stereocenters. The molecule has 4 rings (SSSR count). The molecule has 5 heteroatoms. The second-order valence-electron chi connectivity index (χ2n) is 6.99. The number of rotatable bonds is 2. The average Bonchev–Trinajstić information content (AvgIpc) is 2.85. The third-order valence-electron chi connectivity index (χ3n) is 5.98. The first kappa shape index (κ1) is 14.9. The zero-order valence-electron chi connectivity index (χ0n) is 12.4. The maximum Gasteiger partial charge on any atom is 0.191 e. The molecule has 0 bridgehead atoms. The fraction of sp³-hybridized carbons (Fsp3) is 0.933. The molecule has 0 aromatic carbocycles. The lowest BCUT2D eigenvalue weighted by Gasteiger charge is -2.63. The first-order valence-electron chi connectivity index (χ1n) is 7.86. The lowest BCUT2D eigenvalue weighted by molar-refractivity contribution is -0.171. The van der Waals surface area contributed by atoms with E-state index >= 15 is 0 Å². The SMILES string of the molecule is CN=C(NC1CC1C)NC1C2CCOC2C12CCC2.I. The van der Waals surface area contributed by atoms with E-state index in [-0.39, 0.29) is 24.0 Å². The molecule has 0 radical (unpaired) electrons. The van der Waals surface area contributed by atoms with Crippen molar-refractivity contribution in [2.24, 2.45) is 22.2 Å². The molecule has 3 aliphatic carbocycles. The van der Waals surface area contributed by atoms with Crippen LogP contribution in [0.4, 0.5) is 0 Å². The molecule has 0 aromatic rings. The monoisotopic (exact) mass is 391 g/mol. The Labute approximate surface area is 138 Å². The van der Waals surface area contributed by atoms with E-state index in [0.717, 1.165) is 24.4 Å². The summed E-state index contributed by atoms with van der Waals surface area (Å²) in [5.41, 5.74) is 0.438. The summed E-state index contributed by atoms with van der Waals surface area (Å²) in [7, 11) is 1.89. The Morgan fingerprint density at radius 1 is 1.30 bits per heavy atom. The lowest BCUT2D eigenvalue weighted by Crippen LogP contribution is -2.72. The van der Waals surface area contributed by atoms with Crippen LogP contribution in [0.15, 0.2) is 4.99 Å². The lowest BCUT2D eigenvalue weighted by atomic mass is 9.46.